The fourth-order valence-corrected chi connectivity index (χ4v) is 3.63. The smallest absolute Gasteiger partial charge is 0.122 e. The van der Waals surface area contributed by atoms with Gasteiger partial charge in [0.1, 0.15) is 17.8 Å². The molecule has 1 aliphatic heterocycles. The van der Waals surface area contributed by atoms with Crippen LogP contribution in [-0.2, 0) is 12.8 Å². The molecule has 0 saturated carbocycles. The number of aryl methyl sites for hydroxylation is 2. The summed E-state index contributed by atoms with van der Waals surface area (Å²) >= 11 is 1.69. The molecule has 0 radical (unpaired) electrons. The monoisotopic (exact) mass is 284 g/mol. The summed E-state index contributed by atoms with van der Waals surface area (Å²) in [6, 6.07) is 10.4. The molecule has 0 saturated heterocycles. The van der Waals surface area contributed by atoms with E-state index in [4.69, 9.17) is 4.74 Å². The Labute approximate surface area is 122 Å². The van der Waals surface area contributed by atoms with Crippen LogP contribution in [0.3, 0.4) is 0 Å². The van der Waals surface area contributed by atoms with E-state index in [9.17, 15) is 5.26 Å². The van der Waals surface area contributed by atoms with Gasteiger partial charge >= 0.3 is 0 Å². The topological polar surface area (TPSA) is 45.9 Å². The van der Waals surface area contributed by atoms with Gasteiger partial charge in [0, 0.05) is 11.3 Å². The van der Waals surface area contributed by atoms with Crippen LogP contribution in [0.25, 0.3) is 0 Å². The quantitative estimate of drug-likeness (QED) is 0.848. The van der Waals surface area contributed by atoms with Crippen molar-refractivity contribution in [1.29, 1.82) is 5.26 Å². The van der Waals surface area contributed by atoms with Crippen molar-refractivity contribution in [2.45, 2.75) is 26.7 Å². The Bertz CT molecular complexity index is 667. The van der Waals surface area contributed by atoms with E-state index in [1.54, 1.807) is 11.3 Å². The summed E-state index contributed by atoms with van der Waals surface area (Å²) in [5.41, 5.74) is 1.69. The van der Waals surface area contributed by atoms with Crippen LogP contribution < -0.4 is 4.74 Å². The molecular formula is C16H16N2OS. The number of nitriles is 1. The molecule has 3 rings (SSSR count). The standard InChI is InChI=1S/C16H16N2OS/c1-11-12(2)20-15(18-11)8-16(9-17)7-13-5-3-4-6-14(13)19-10-16/h3-6H,7-8,10H2,1-2H3. The van der Waals surface area contributed by atoms with Crippen molar-refractivity contribution in [2.75, 3.05) is 6.61 Å². The Morgan fingerprint density at radius 1 is 1.40 bits per heavy atom. The molecule has 0 aliphatic carbocycles. The molecule has 4 heteroatoms. The average molecular weight is 284 g/mol. The molecule has 3 nitrogen and oxygen atoms in total. The molecular weight excluding hydrogens is 268 g/mol. The van der Waals surface area contributed by atoms with Gasteiger partial charge in [0.05, 0.1) is 16.8 Å². The third kappa shape index (κ3) is 2.30. The normalized spacial score (nSPS) is 20.9. The largest absolute Gasteiger partial charge is 0.492 e. The molecule has 0 fully saturated rings. The zero-order valence-corrected chi connectivity index (χ0v) is 12.5. The number of hydrogen-bond acceptors (Lipinski definition) is 4. The molecule has 0 bridgehead atoms. The van der Waals surface area contributed by atoms with Gasteiger partial charge in [-0.05, 0) is 31.9 Å². The molecule has 1 aromatic carbocycles. The lowest BCUT2D eigenvalue weighted by Gasteiger charge is -2.31. The lowest BCUT2D eigenvalue weighted by Crippen LogP contribution is -2.35. The van der Waals surface area contributed by atoms with E-state index in [0.29, 0.717) is 13.0 Å². The number of benzene rings is 1. The Kier molecular flexibility index (Phi) is 3.23. The summed E-state index contributed by atoms with van der Waals surface area (Å²) in [6.45, 7) is 4.53. The first-order chi connectivity index (χ1) is 9.62. The molecule has 0 amide bonds. The maximum absolute atomic E-state index is 9.65. The molecule has 1 aliphatic rings. The Balaban J connectivity index is 1.89. The summed E-state index contributed by atoms with van der Waals surface area (Å²) in [4.78, 5) is 5.79. The van der Waals surface area contributed by atoms with Crippen LogP contribution in [0.2, 0.25) is 0 Å². The highest BCUT2D eigenvalue weighted by atomic mass is 32.1. The number of thiazole rings is 1. The minimum absolute atomic E-state index is 0.443. The van der Waals surface area contributed by atoms with Crippen LogP contribution in [0.1, 0.15) is 21.1 Å². The molecule has 2 aromatic rings. The predicted octanol–water partition coefficient (Wildman–Crippen LogP) is 3.45. The van der Waals surface area contributed by atoms with Gasteiger partial charge in [0.15, 0.2) is 0 Å². The van der Waals surface area contributed by atoms with Gasteiger partial charge in [0.2, 0.25) is 0 Å². The van der Waals surface area contributed by atoms with E-state index in [0.717, 1.165) is 28.4 Å². The number of fused-ring (bicyclic) bond motifs is 1. The summed E-state index contributed by atoms with van der Waals surface area (Å²) in [5.74, 6) is 0.907. The average Bonchev–Trinajstić information content (AvgIpc) is 2.77. The first-order valence-electron chi connectivity index (χ1n) is 6.67. The van der Waals surface area contributed by atoms with Gasteiger partial charge in [-0.15, -0.1) is 11.3 Å². The van der Waals surface area contributed by atoms with Crippen molar-refractivity contribution in [3.8, 4) is 11.8 Å². The van der Waals surface area contributed by atoms with Gasteiger partial charge in [-0.25, -0.2) is 4.98 Å². The summed E-state index contributed by atoms with van der Waals surface area (Å²) in [5, 5.41) is 10.7. The molecule has 102 valence electrons. The Morgan fingerprint density at radius 3 is 2.90 bits per heavy atom. The van der Waals surface area contributed by atoms with Crippen LogP contribution in [0, 0.1) is 30.6 Å². The summed E-state index contributed by atoms with van der Waals surface area (Å²) in [6.07, 6.45) is 1.40. The zero-order chi connectivity index (χ0) is 14.2. The lowest BCUT2D eigenvalue weighted by atomic mass is 9.79. The first kappa shape index (κ1) is 13.1. The molecule has 1 aromatic heterocycles. The summed E-state index contributed by atoms with van der Waals surface area (Å²) < 4.78 is 5.79. The van der Waals surface area contributed by atoms with E-state index < -0.39 is 5.41 Å². The highest BCUT2D eigenvalue weighted by molar-refractivity contribution is 7.11. The van der Waals surface area contributed by atoms with Gasteiger partial charge in [-0.3, -0.25) is 0 Å². The number of nitrogens with zero attached hydrogens (tertiary/aromatic N) is 2. The minimum Gasteiger partial charge on any atom is -0.492 e. The van der Waals surface area contributed by atoms with Gasteiger partial charge in [0.25, 0.3) is 0 Å². The van der Waals surface area contributed by atoms with Crippen molar-refractivity contribution >= 4 is 11.3 Å². The second-order valence-electron chi connectivity index (χ2n) is 5.39. The zero-order valence-electron chi connectivity index (χ0n) is 11.6. The van der Waals surface area contributed by atoms with Crippen LogP contribution >= 0.6 is 11.3 Å². The van der Waals surface area contributed by atoms with Crippen molar-refractivity contribution < 1.29 is 4.74 Å². The molecule has 20 heavy (non-hydrogen) atoms. The third-order valence-corrected chi connectivity index (χ3v) is 4.88. The van der Waals surface area contributed by atoms with Crippen LogP contribution in [0.4, 0.5) is 0 Å². The lowest BCUT2D eigenvalue weighted by molar-refractivity contribution is 0.169. The molecule has 0 spiro atoms. The van der Waals surface area contributed by atoms with E-state index in [2.05, 4.69) is 18.0 Å². The SMILES string of the molecule is Cc1nc(CC2(C#N)COc3ccccc3C2)sc1C. The van der Waals surface area contributed by atoms with Crippen LogP contribution in [0.15, 0.2) is 24.3 Å². The number of para-hydroxylation sites is 1. The van der Waals surface area contributed by atoms with E-state index in [1.807, 2.05) is 31.2 Å². The second-order valence-corrected chi connectivity index (χ2v) is 6.68. The summed E-state index contributed by atoms with van der Waals surface area (Å²) in [7, 11) is 0. The third-order valence-electron chi connectivity index (χ3n) is 3.81. The van der Waals surface area contributed by atoms with Crippen molar-refractivity contribution in [3.63, 3.8) is 0 Å². The first-order valence-corrected chi connectivity index (χ1v) is 7.48. The molecule has 1 atom stereocenters. The van der Waals surface area contributed by atoms with Crippen LogP contribution in [-0.4, -0.2) is 11.6 Å². The van der Waals surface area contributed by atoms with Crippen molar-refractivity contribution in [3.05, 3.63) is 45.4 Å². The number of aromatic nitrogens is 1. The van der Waals surface area contributed by atoms with E-state index in [1.165, 1.54) is 4.88 Å². The predicted molar refractivity (Wildman–Crippen MR) is 79.0 cm³/mol. The maximum atomic E-state index is 9.65. The van der Waals surface area contributed by atoms with E-state index in [-0.39, 0.29) is 0 Å². The fraction of sp³-hybridized carbons (Fsp3) is 0.375. The van der Waals surface area contributed by atoms with Crippen molar-refractivity contribution in [2.24, 2.45) is 5.41 Å². The molecule has 0 N–H and O–H groups in total. The number of hydrogen-bond donors (Lipinski definition) is 0. The Hall–Kier alpha value is -1.86. The van der Waals surface area contributed by atoms with Gasteiger partial charge < -0.3 is 4.74 Å². The van der Waals surface area contributed by atoms with Gasteiger partial charge in [-0.1, -0.05) is 18.2 Å². The maximum Gasteiger partial charge on any atom is 0.122 e. The number of ether oxygens (including phenoxy) is 1. The van der Waals surface area contributed by atoms with Gasteiger partial charge in [-0.2, -0.15) is 5.26 Å². The highest BCUT2D eigenvalue weighted by Gasteiger charge is 2.37. The Morgan fingerprint density at radius 2 is 2.20 bits per heavy atom. The minimum atomic E-state index is -0.495. The fourth-order valence-electron chi connectivity index (χ4n) is 2.55. The molecule has 1 unspecified atom stereocenters. The van der Waals surface area contributed by atoms with Crippen molar-refractivity contribution in [1.82, 2.24) is 4.98 Å². The van der Waals surface area contributed by atoms with Crippen LogP contribution in [0.5, 0.6) is 5.75 Å². The highest BCUT2D eigenvalue weighted by Crippen LogP contribution is 2.37. The number of rotatable bonds is 2. The second kappa shape index (κ2) is 4.92. The molecule has 2 heterocycles. The van der Waals surface area contributed by atoms with E-state index >= 15 is 0 Å².